The van der Waals surface area contributed by atoms with Crippen molar-refractivity contribution in [2.45, 2.75) is 81.8 Å². The number of hydrogen-bond donors (Lipinski definition) is 3. The maximum atomic E-state index is 12.5. The average molecular weight is 656 g/mol. The summed E-state index contributed by atoms with van der Waals surface area (Å²) in [6.07, 6.45) is 6.95. The molecule has 1 saturated heterocycles. The van der Waals surface area contributed by atoms with E-state index in [1.54, 1.807) is 30.2 Å². The highest BCUT2D eigenvalue weighted by molar-refractivity contribution is 7.99. The Balaban J connectivity index is 1.23. The number of carboxylic acids is 1. The normalized spacial score (nSPS) is 17.7. The van der Waals surface area contributed by atoms with Gasteiger partial charge in [-0.05, 0) is 46.7 Å². The molecule has 1 aliphatic heterocycles. The number of thioether (sulfide) groups is 1. The number of nitrogens with zero attached hydrogens (tertiary/aromatic N) is 2. The fourth-order valence-electron chi connectivity index (χ4n) is 5.52. The van der Waals surface area contributed by atoms with Gasteiger partial charge >= 0.3 is 5.97 Å². The van der Waals surface area contributed by atoms with Gasteiger partial charge in [0.2, 0.25) is 5.91 Å². The van der Waals surface area contributed by atoms with Gasteiger partial charge in [0.25, 0.3) is 0 Å². The van der Waals surface area contributed by atoms with E-state index in [1.165, 1.54) is 0 Å². The van der Waals surface area contributed by atoms with Crippen LogP contribution in [-0.4, -0.2) is 43.9 Å². The second-order valence-corrected chi connectivity index (χ2v) is 12.5. The number of rotatable bonds is 16. The molecule has 2 heterocycles. The van der Waals surface area contributed by atoms with Crippen molar-refractivity contribution in [3.8, 4) is 11.1 Å². The van der Waals surface area contributed by atoms with Crippen LogP contribution < -0.4 is 5.32 Å². The van der Waals surface area contributed by atoms with Crippen LogP contribution >= 0.6 is 11.8 Å². The Kier molecular flexibility index (Phi) is 12.9. The quantitative estimate of drug-likeness (QED) is 0.0662. The molecular weight excluding hydrogens is 614 g/mol. The zero-order valence-electron chi connectivity index (χ0n) is 26.3. The summed E-state index contributed by atoms with van der Waals surface area (Å²) >= 11 is 1.56. The summed E-state index contributed by atoms with van der Waals surface area (Å²) in [5, 5.41) is 22.0. The molecule has 0 aliphatic carbocycles. The Morgan fingerprint density at radius 1 is 0.830 bits per heavy atom. The summed E-state index contributed by atoms with van der Waals surface area (Å²) in [4.78, 5) is 31.8. The van der Waals surface area contributed by atoms with Crippen molar-refractivity contribution >= 4 is 23.6 Å². The molecule has 5 rings (SSSR count). The van der Waals surface area contributed by atoms with E-state index in [2.05, 4.69) is 33.5 Å². The summed E-state index contributed by atoms with van der Waals surface area (Å²) in [5.41, 5.74) is 5.88. The Bertz CT molecular complexity index is 1570. The molecule has 1 aliphatic rings. The monoisotopic (exact) mass is 655 g/mol. The molecule has 246 valence electrons. The van der Waals surface area contributed by atoms with Crippen molar-refractivity contribution < 1.29 is 29.3 Å². The van der Waals surface area contributed by atoms with Gasteiger partial charge in [-0.2, -0.15) is 0 Å². The third-order valence-corrected chi connectivity index (χ3v) is 9.09. The molecule has 3 unspecified atom stereocenters. The average Bonchev–Trinajstić information content (AvgIpc) is 3.11. The van der Waals surface area contributed by atoms with E-state index in [1.807, 2.05) is 54.6 Å². The largest absolute Gasteiger partial charge is 0.481 e. The van der Waals surface area contributed by atoms with Gasteiger partial charge in [-0.15, -0.1) is 0 Å². The molecule has 0 saturated carbocycles. The SMILES string of the molecule is O=C(O)CCCCCCC(=O)NCc1ccccc1-c1ccc(C2OC(CSc3ncccn3)CC(c3ccc(CO)cc3)O2)cc1. The first-order valence-corrected chi connectivity index (χ1v) is 17.0. The van der Waals surface area contributed by atoms with Crippen molar-refractivity contribution in [1.29, 1.82) is 0 Å². The lowest BCUT2D eigenvalue weighted by Gasteiger charge is -2.36. The molecular formula is C37H41N3O6S. The molecule has 1 fully saturated rings. The minimum absolute atomic E-state index is 0.00664. The van der Waals surface area contributed by atoms with Crippen LogP contribution in [0.3, 0.4) is 0 Å². The molecule has 9 nitrogen and oxygen atoms in total. The molecule has 1 amide bonds. The first kappa shape index (κ1) is 34.3. The molecule has 0 radical (unpaired) electrons. The Labute approximate surface area is 279 Å². The van der Waals surface area contributed by atoms with Crippen LogP contribution in [0, 0.1) is 0 Å². The van der Waals surface area contributed by atoms with Crippen LogP contribution in [0.15, 0.2) is 96.4 Å². The molecule has 4 aromatic rings. The van der Waals surface area contributed by atoms with Crippen LogP contribution in [-0.2, 0) is 32.2 Å². The van der Waals surface area contributed by atoms with Crippen molar-refractivity contribution in [1.82, 2.24) is 15.3 Å². The smallest absolute Gasteiger partial charge is 0.303 e. The summed E-state index contributed by atoms with van der Waals surface area (Å²) in [6.45, 7) is 0.416. The number of carbonyl (C=O) groups excluding carboxylic acids is 1. The maximum Gasteiger partial charge on any atom is 0.303 e. The van der Waals surface area contributed by atoms with Crippen LogP contribution in [0.5, 0.6) is 0 Å². The lowest BCUT2D eigenvalue weighted by atomic mass is 9.97. The van der Waals surface area contributed by atoms with Gasteiger partial charge < -0.3 is 25.0 Å². The molecule has 47 heavy (non-hydrogen) atoms. The third-order valence-electron chi connectivity index (χ3n) is 8.09. The maximum absolute atomic E-state index is 12.5. The molecule has 0 spiro atoms. The van der Waals surface area contributed by atoms with Crippen molar-refractivity contribution in [3.63, 3.8) is 0 Å². The highest BCUT2D eigenvalue weighted by Crippen LogP contribution is 2.39. The number of aliphatic hydroxyl groups excluding tert-OH is 1. The molecule has 3 N–H and O–H groups in total. The fraction of sp³-hybridized carbons (Fsp3) is 0.351. The number of unbranched alkanes of at least 4 members (excludes halogenated alkanes) is 3. The van der Waals surface area contributed by atoms with Crippen molar-refractivity contribution in [2.75, 3.05) is 5.75 Å². The van der Waals surface area contributed by atoms with Gasteiger partial charge in [0.05, 0.1) is 18.8 Å². The topological polar surface area (TPSA) is 131 Å². The number of carbonyl (C=O) groups is 2. The molecule has 0 bridgehead atoms. The van der Waals surface area contributed by atoms with Gasteiger partial charge in [-0.1, -0.05) is 97.4 Å². The van der Waals surface area contributed by atoms with Crippen LogP contribution in [0.4, 0.5) is 0 Å². The number of aliphatic hydroxyl groups is 1. The van der Waals surface area contributed by atoms with Crippen LogP contribution in [0.1, 0.15) is 79.6 Å². The minimum Gasteiger partial charge on any atom is -0.481 e. The number of hydrogen-bond acceptors (Lipinski definition) is 8. The van der Waals surface area contributed by atoms with Gasteiger partial charge in [-0.25, -0.2) is 9.97 Å². The van der Waals surface area contributed by atoms with Crippen molar-refractivity contribution in [3.05, 3.63) is 114 Å². The number of benzene rings is 3. The molecule has 10 heteroatoms. The molecule has 1 aromatic heterocycles. The van der Waals surface area contributed by atoms with Gasteiger partial charge in [0, 0.05) is 49.5 Å². The number of ether oxygens (including phenoxy) is 2. The van der Waals surface area contributed by atoms with E-state index in [0.717, 1.165) is 52.6 Å². The predicted molar refractivity (Wildman–Crippen MR) is 180 cm³/mol. The summed E-state index contributed by atoms with van der Waals surface area (Å²) in [6, 6.07) is 25.9. The van der Waals surface area contributed by atoms with Crippen molar-refractivity contribution in [2.24, 2.45) is 0 Å². The van der Waals surface area contributed by atoms with Crippen LogP contribution in [0.2, 0.25) is 0 Å². The molecule has 3 aromatic carbocycles. The zero-order valence-corrected chi connectivity index (χ0v) is 27.1. The van der Waals surface area contributed by atoms with E-state index in [9.17, 15) is 14.7 Å². The number of aromatic nitrogens is 2. The number of carboxylic acid groups (broad SMARTS) is 1. The van der Waals surface area contributed by atoms with E-state index < -0.39 is 12.3 Å². The Morgan fingerprint density at radius 3 is 2.26 bits per heavy atom. The Morgan fingerprint density at radius 2 is 1.53 bits per heavy atom. The second kappa shape index (κ2) is 17.7. The van der Waals surface area contributed by atoms with Gasteiger partial charge in [-0.3, -0.25) is 9.59 Å². The highest BCUT2D eigenvalue weighted by atomic mass is 32.2. The van der Waals surface area contributed by atoms with E-state index in [0.29, 0.717) is 36.7 Å². The second-order valence-electron chi connectivity index (χ2n) is 11.6. The molecule has 3 atom stereocenters. The van der Waals surface area contributed by atoms with E-state index in [4.69, 9.17) is 14.6 Å². The minimum atomic E-state index is -0.778. The van der Waals surface area contributed by atoms with E-state index >= 15 is 0 Å². The lowest BCUT2D eigenvalue weighted by Crippen LogP contribution is -2.31. The lowest BCUT2D eigenvalue weighted by molar-refractivity contribution is -0.245. The highest BCUT2D eigenvalue weighted by Gasteiger charge is 2.32. The number of aliphatic carboxylic acids is 1. The summed E-state index contributed by atoms with van der Waals surface area (Å²) in [7, 11) is 0. The summed E-state index contributed by atoms with van der Waals surface area (Å²) < 4.78 is 13.0. The zero-order chi connectivity index (χ0) is 32.8. The predicted octanol–water partition coefficient (Wildman–Crippen LogP) is 7.02. The first-order valence-electron chi connectivity index (χ1n) is 16.1. The van der Waals surface area contributed by atoms with Crippen LogP contribution in [0.25, 0.3) is 11.1 Å². The first-order chi connectivity index (χ1) is 23.0. The standard InChI is InChI=1S/C37H41N3O6S/c41-24-26-12-14-28(15-13-26)33-22-31(25-47-37-38-20-7-21-39-37)45-36(46-33)29-18-16-27(17-19-29)32-9-6-5-8-30(32)23-40-34(42)10-3-1-2-4-11-35(43)44/h5-9,12-21,31,33,36,41H,1-4,10-11,22-25H2,(H,40,42)(H,43,44). The van der Waals surface area contributed by atoms with Gasteiger partial charge in [0.15, 0.2) is 11.4 Å². The van der Waals surface area contributed by atoms with E-state index in [-0.39, 0.29) is 31.1 Å². The fourth-order valence-corrected chi connectivity index (χ4v) is 6.34. The Hall–Kier alpha value is -4.09. The van der Waals surface area contributed by atoms with Gasteiger partial charge in [0.1, 0.15) is 0 Å². The third kappa shape index (κ3) is 10.5. The summed E-state index contributed by atoms with van der Waals surface area (Å²) in [5.74, 6) is -0.107. The number of nitrogens with one attached hydrogen (secondary N) is 1. The number of amides is 1.